The molecule has 0 fully saturated rings. The van der Waals surface area contributed by atoms with Gasteiger partial charge in [0.25, 0.3) is 0 Å². The van der Waals surface area contributed by atoms with E-state index < -0.39 is 0 Å². The second-order valence-electron chi connectivity index (χ2n) is 5.73. The van der Waals surface area contributed by atoms with Gasteiger partial charge in [0.2, 0.25) is 0 Å². The van der Waals surface area contributed by atoms with Gasteiger partial charge >= 0.3 is 0 Å². The van der Waals surface area contributed by atoms with Gasteiger partial charge in [0.15, 0.2) is 0 Å². The van der Waals surface area contributed by atoms with E-state index in [1.54, 1.807) is 0 Å². The molecule has 2 N–H and O–H groups in total. The summed E-state index contributed by atoms with van der Waals surface area (Å²) in [6.45, 7) is 9.37. The molecule has 0 saturated heterocycles. The number of fused-ring (bicyclic) bond motifs is 1. The Morgan fingerprint density at radius 1 is 1.29 bits per heavy atom. The van der Waals surface area contributed by atoms with E-state index in [4.69, 9.17) is 5.73 Å². The molecule has 0 aliphatic rings. The first-order valence-electron chi connectivity index (χ1n) is 6.07. The van der Waals surface area contributed by atoms with Crippen LogP contribution in [-0.4, -0.2) is 15.6 Å². The lowest BCUT2D eigenvalue weighted by atomic mass is 9.87. The topological polar surface area (TPSA) is 43.8 Å². The Morgan fingerprint density at radius 2 is 1.94 bits per heavy atom. The lowest BCUT2D eigenvalue weighted by Crippen LogP contribution is -2.39. The van der Waals surface area contributed by atoms with E-state index in [-0.39, 0.29) is 11.5 Å². The molecule has 3 nitrogen and oxygen atoms in total. The minimum absolute atomic E-state index is 0.109. The van der Waals surface area contributed by atoms with Crippen LogP contribution in [0.1, 0.15) is 26.6 Å². The maximum atomic E-state index is 6.25. The summed E-state index contributed by atoms with van der Waals surface area (Å²) in [4.78, 5) is 4.56. The van der Waals surface area contributed by atoms with Crippen LogP contribution in [0.2, 0.25) is 0 Å². The van der Waals surface area contributed by atoms with E-state index in [1.807, 2.05) is 25.1 Å². The van der Waals surface area contributed by atoms with Gasteiger partial charge in [-0.15, -0.1) is 0 Å². The summed E-state index contributed by atoms with van der Waals surface area (Å²) in [6, 6.07) is 8.33. The van der Waals surface area contributed by atoms with Crippen molar-refractivity contribution in [1.82, 2.24) is 9.55 Å². The summed E-state index contributed by atoms with van der Waals surface area (Å²) in [6.07, 6.45) is 0. The molecule has 0 spiro atoms. The zero-order valence-corrected chi connectivity index (χ0v) is 11.1. The van der Waals surface area contributed by atoms with Crippen molar-refractivity contribution < 1.29 is 0 Å². The summed E-state index contributed by atoms with van der Waals surface area (Å²) >= 11 is 0. The van der Waals surface area contributed by atoms with Gasteiger partial charge in [0, 0.05) is 12.6 Å². The van der Waals surface area contributed by atoms with Crippen LogP contribution in [0, 0.1) is 12.3 Å². The van der Waals surface area contributed by atoms with Crippen LogP contribution < -0.4 is 5.73 Å². The van der Waals surface area contributed by atoms with Crippen molar-refractivity contribution in [2.75, 3.05) is 0 Å². The van der Waals surface area contributed by atoms with E-state index in [9.17, 15) is 0 Å². The predicted octanol–water partition coefficient (Wildman–Crippen LogP) is 2.72. The van der Waals surface area contributed by atoms with Gasteiger partial charge in [0.1, 0.15) is 5.82 Å². The number of aromatic nitrogens is 2. The van der Waals surface area contributed by atoms with Crippen LogP contribution in [0.5, 0.6) is 0 Å². The summed E-state index contributed by atoms with van der Waals surface area (Å²) < 4.78 is 2.21. The van der Waals surface area contributed by atoms with Gasteiger partial charge in [0.05, 0.1) is 11.0 Å². The van der Waals surface area contributed by atoms with E-state index in [2.05, 4.69) is 36.4 Å². The normalized spacial score (nSPS) is 14.2. The van der Waals surface area contributed by atoms with E-state index >= 15 is 0 Å². The zero-order chi connectivity index (χ0) is 12.6. The van der Waals surface area contributed by atoms with Crippen molar-refractivity contribution in [3.8, 4) is 0 Å². The number of nitrogens with two attached hydrogens (primary N) is 1. The predicted molar refractivity (Wildman–Crippen MR) is 71.9 cm³/mol. The molecule has 1 unspecified atom stereocenters. The second-order valence-corrected chi connectivity index (χ2v) is 5.73. The lowest BCUT2D eigenvalue weighted by Gasteiger charge is -2.27. The molecule has 0 amide bonds. The summed E-state index contributed by atoms with van der Waals surface area (Å²) in [5.41, 5.74) is 8.58. The average Bonchev–Trinajstić information content (AvgIpc) is 2.54. The quantitative estimate of drug-likeness (QED) is 0.863. The maximum absolute atomic E-state index is 6.25. The van der Waals surface area contributed by atoms with Gasteiger partial charge in [-0.25, -0.2) is 4.98 Å². The van der Waals surface area contributed by atoms with Crippen LogP contribution in [0.4, 0.5) is 0 Å². The van der Waals surface area contributed by atoms with Crippen molar-refractivity contribution in [2.45, 2.75) is 40.3 Å². The van der Waals surface area contributed by atoms with E-state index in [0.29, 0.717) is 0 Å². The molecule has 0 saturated carbocycles. The van der Waals surface area contributed by atoms with Crippen LogP contribution >= 0.6 is 0 Å². The van der Waals surface area contributed by atoms with Gasteiger partial charge in [-0.05, 0) is 24.5 Å². The van der Waals surface area contributed by atoms with Gasteiger partial charge in [-0.2, -0.15) is 0 Å². The molecule has 0 aliphatic carbocycles. The highest BCUT2D eigenvalue weighted by molar-refractivity contribution is 5.75. The molecule has 1 aromatic carbocycles. The zero-order valence-electron chi connectivity index (χ0n) is 11.1. The number of nitrogens with zero attached hydrogens (tertiary/aromatic N) is 2. The molecule has 17 heavy (non-hydrogen) atoms. The van der Waals surface area contributed by atoms with Crippen molar-refractivity contribution in [3.63, 3.8) is 0 Å². The van der Waals surface area contributed by atoms with Gasteiger partial charge < -0.3 is 10.3 Å². The molecule has 0 bridgehead atoms. The number of aryl methyl sites for hydroxylation is 1. The third kappa shape index (κ3) is 2.34. The lowest BCUT2D eigenvalue weighted by molar-refractivity contribution is 0.292. The first-order valence-corrected chi connectivity index (χ1v) is 6.07. The van der Waals surface area contributed by atoms with Gasteiger partial charge in [-0.3, -0.25) is 0 Å². The number of para-hydroxylation sites is 2. The number of imidazole rings is 1. The maximum Gasteiger partial charge on any atom is 0.106 e. The summed E-state index contributed by atoms with van der Waals surface area (Å²) in [5.74, 6) is 1.03. The van der Waals surface area contributed by atoms with E-state index in [1.165, 1.54) is 5.52 Å². The Hall–Kier alpha value is -1.35. The minimum Gasteiger partial charge on any atom is -0.327 e. The van der Waals surface area contributed by atoms with Crippen LogP contribution in [0.25, 0.3) is 11.0 Å². The van der Waals surface area contributed by atoms with Crippen LogP contribution in [0.15, 0.2) is 24.3 Å². The Labute approximate surface area is 103 Å². The summed E-state index contributed by atoms with van der Waals surface area (Å²) in [5, 5.41) is 0. The Kier molecular flexibility index (Phi) is 2.96. The minimum atomic E-state index is 0.109. The monoisotopic (exact) mass is 231 g/mol. The highest BCUT2D eigenvalue weighted by atomic mass is 15.1. The Bertz CT molecular complexity index is 520. The largest absolute Gasteiger partial charge is 0.327 e. The molecule has 0 aliphatic heterocycles. The fourth-order valence-electron chi connectivity index (χ4n) is 1.90. The van der Waals surface area contributed by atoms with Gasteiger partial charge in [-0.1, -0.05) is 32.9 Å². The van der Waals surface area contributed by atoms with Crippen molar-refractivity contribution in [3.05, 3.63) is 30.1 Å². The smallest absolute Gasteiger partial charge is 0.106 e. The molecular weight excluding hydrogens is 210 g/mol. The average molecular weight is 231 g/mol. The Balaban J connectivity index is 2.39. The SMILES string of the molecule is Cc1nc2ccccc2n1CC(N)C(C)(C)C. The van der Waals surface area contributed by atoms with Crippen molar-refractivity contribution in [1.29, 1.82) is 0 Å². The molecule has 1 atom stereocenters. The van der Waals surface area contributed by atoms with E-state index in [0.717, 1.165) is 17.9 Å². The fourth-order valence-corrected chi connectivity index (χ4v) is 1.90. The third-order valence-electron chi connectivity index (χ3n) is 3.34. The second kappa shape index (κ2) is 4.15. The molecular formula is C14H21N3. The molecule has 1 heterocycles. The first kappa shape index (κ1) is 12.1. The molecule has 3 heteroatoms. The molecule has 2 aromatic rings. The molecule has 2 rings (SSSR count). The number of hydrogen-bond donors (Lipinski definition) is 1. The fraction of sp³-hybridized carbons (Fsp3) is 0.500. The Morgan fingerprint density at radius 3 is 2.59 bits per heavy atom. The highest BCUT2D eigenvalue weighted by Crippen LogP contribution is 2.22. The standard InChI is InChI=1S/C14H21N3/c1-10-16-11-7-5-6-8-12(11)17(10)9-13(15)14(2,3)4/h5-8,13H,9,15H2,1-4H3. The van der Waals surface area contributed by atoms with Crippen molar-refractivity contribution >= 4 is 11.0 Å². The molecule has 0 radical (unpaired) electrons. The first-order chi connectivity index (χ1) is 7.89. The van der Waals surface area contributed by atoms with Crippen LogP contribution in [-0.2, 0) is 6.54 Å². The molecule has 1 aromatic heterocycles. The van der Waals surface area contributed by atoms with Crippen molar-refractivity contribution in [2.24, 2.45) is 11.1 Å². The number of rotatable bonds is 2. The number of benzene rings is 1. The van der Waals surface area contributed by atoms with Crippen LogP contribution in [0.3, 0.4) is 0 Å². The summed E-state index contributed by atoms with van der Waals surface area (Å²) in [7, 11) is 0. The highest BCUT2D eigenvalue weighted by Gasteiger charge is 2.22. The number of hydrogen-bond acceptors (Lipinski definition) is 2. The molecule has 92 valence electrons. The third-order valence-corrected chi connectivity index (χ3v) is 3.34.